The van der Waals surface area contributed by atoms with Gasteiger partial charge in [-0.15, -0.1) is 0 Å². The molecular formula is C39H76BF4N3O2P2. The van der Waals surface area contributed by atoms with Crippen LogP contribution in [0.5, 0.6) is 0 Å². The first kappa shape index (κ1) is 49.7. The summed E-state index contributed by atoms with van der Waals surface area (Å²) in [7, 11) is -6.56. The zero-order valence-corrected chi connectivity index (χ0v) is 35.7. The van der Waals surface area contributed by atoms with E-state index in [0.717, 1.165) is 76.0 Å². The van der Waals surface area contributed by atoms with Crippen molar-refractivity contribution in [3.63, 3.8) is 0 Å². The third-order valence-electron chi connectivity index (χ3n) is 10.2. The third kappa shape index (κ3) is 20.1. The molecule has 0 aliphatic rings. The Hall–Kier alpha value is -1.27. The molecule has 0 saturated heterocycles. The Morgan fingerprint density at radius 1 is 0.627 bits per heavy atom. The van der Waals surface area contributed by atoms with Crippen LogP contribution in [0.3, 0.4) is 0 Å². The van der Waals surface area contributed by atoms with Gasteiger partial charge in [-0.25, -0.2) is 0 Å². The standard InChI is InChI=1S/C23H40N3O2P.C16H36P.BF4/c1-5-9-16-29(17-10-6-2,18-11-7-3,19-12-8-4)28-23(27)20-14-13-15-21-22(20)25-26-24-21;1-5-9-13-17(14-10-6-2,15-11-7-3)16-12-8-4;2-1(3,4)5/h13-15H,5-12,16-19H2,1-4H3,(H,24,25,26);5-16H2,1-4H3;/q;+1;-1. The van der Waals surface area contributed by atoms with Crippen LogP contribution >= 0.6 is 14.1 Å². The monoisotopic (exact) mass is 768 g/mol. The van der Waals surface area contributed by atoms with Gasteiger partial charge in [-0.05, 0) is 25.7 Å². The number of carbonyl (C=O) groups is 1. The summed E-state index contributed by atoms with van der Waals surface area (Å²) in [5.41, 5.74) is 1.88. The number of unbranched alkanes of at least 4 members (excludes halogenated alkanes) is 8. The van der Waals surface area contributed by atoms with Gasteiger partial charge >= 0.3 is 183 Å². The molecule has 12 heteroatoms. The van der Waals surface area contributed by atoms with E-state index in [1.165, 1.54) is 51.4 Å². The van der Waals surface area contributed by atoms with E-state index in [1.54, 1.807) is 24.6 Å². The van der Waals surface area contributed by atoms with E-state index in [-0.39, 0.29) is 5.97 Å². The van der Waals surface area contributed by atoms with Gasteiger partial charge in [-0.1, -0.05) is 53.4 Å². The van der Waals surface area contributed by atoms with E-state index < -0.39 is 21.3 Å². The number of H-pyrrole nitrogens is 1. The Labute approximate surface area is 310 Å². The van der Waals surface area contributed by atoms with E-state index in [0.29, 0.717) is 16.6 Å². The summed E-state index contributed by atoms with van der Waals surface area (Å²) in [5.74, 6) is -0.193. The quantitative estimate of drug-likeness (QED) is 0.0588. The van der Waals surface area contributed by atoms with Crippen LogP contribution in [0.1, 0.15) is 168 Å². The largest absolute Gasteiger partial charge is 0.673 e. The summed E-state index contributed by atoms with van der Waals surface area (Å²) in [6.07, 6.45) is 31.3. The molecule has 0 fully saturated rings. The number of hydrogen-bond donors (Lipinski definition) is 1. The zero-order chi connectivity index (χ0) is 38.7. The van der Waals surface area contributed by atoms with Gasteiger partial charge in [0.25, 0.3) is 0 Å². The molecule has 0 saturated carbocycles. The van der Waals surface area contributed by atoms with Crippen molar-refractivity contribution in [2.45, 2.75) is 158 Å². The number of rotatable bonds is 26. The number of fused-ring (bicyclic) bond motifs is 1. The fourth-order valence-corrected chi connectivity index (χ4v) is 19.1. The molecule has 300 valence electrons. The number of benzene rings is 1. The van der Waals surface area contributed by atoms with Gasteiger partial charge in [0.05, 0.1) is 24.6 Å². The van der Waals surface area contributed by atoms with Crippen LogP contribution < -0.4 is 0 Å². The number of hydrogen-bond acceptors (Lipinski definition) is 4. The average Bonchev–Trinajstić information content (AvgIpc) is 3.60. The van der Waals surface area contributed by atoms with E-state index in [1.807, 2.05) is 18.2 Å². The van der Waals surface area contributed by atoms with E-state index in [4.69, 9.17) is 4.52 Å². The van der Waals surface area contributed by atoms with Crippen LogP contribution in [0, 0.1) is 0 Å². The van der Waals surface area contributed by atoms with E-state index in [9.17, 15) is 22.1 Å². The summed E-state index contributed by atoms with van der Waals surface area (Å²) >= 11 is 0. The van der Waals surface area contributed by atoms with Crippen LogP contribution in [-0.4, -0.2) is 77.9 Å². The van der Waals surface area contributed by atoms with Gasteiger partial charge in [-0.3, -0.25) is 0 Å². The number of carbonyl (C=O) groups excluding carboxylic acids is 1. The van der Waals surface area contributed by atoms with Crippen molar-refractivity contribution in [3.05, 3.63) is 23.8 Å². The Morgan fingerprint density at radius 2 is 0.980 bits per heavy atom. The molecule has 0 spiro atoms. The summed E-state index contributed by atoms with van der Waals surface area (Å²) in [5, 5.41) is 11.0. The van der Waals surface area contributed by atoms with Crippen LogP contribution in [-0.2, 0) is 4.52 Å². The average molecular weight is 768 g/mol. The van der Waals surface area contributed by atoms with Gasteiger partial charge in [0.15, 0.2) is 0 Å². The van der Waals surface area contributed by atoms with E-state index in [2.05, 4.69) is 70.8 Å². The number of nitrogens with zero attached hydrogens (tertiary/aromatic N) is 2. The van der Waals surface area contributed by atoms with Gasteiger partial charge in [0, 0.05) is 7.26 Å². The van der Waals surface area contributed by atoms with Crippen molar-refractivity contribution in [3.8, 4) is 0 Å². The first-order valence-corrected chi connectivity index (χ1v) is 26.0. The summed E-state index contributed by atoms with van der Waals surface area (Å²) < 4.78 is 45.8. The number of halogens is 4. The number of nitrogens with one attached hydrogen (secondary N) is 1. The second kappa shape index (κ2) is 27.3. The molecule has 51 heavy (non-hydrogen) atoms. The first-order chi connectivity index (χ1) is 24.3. The third-order valence-corrected chi connectivity index (χ3v) is 21.7. The molecule has 0 unspecified atom stereocenters. The Morgan fingerprint density at radius 3 is 1.31 bits per heavy atom. The van der Waals surface area contributed by atoms with Crippen molar-refractivity contribution in [1.82, 2.24) is 15.4 Å². The molecule has 5 nitrogen and oxygen atoms in total. The van der Waals surface area contributed by atoms with Gasteiger partial charge < -0.3 is 17.3 Å². The summed E-state index contributed by atoms with van der Waals surface area (Å²) in [6.45, 7) is 15.7. The van der Waals surface area contributed by atoms with Gasteiger partial charge in [0.1, 0.15) is 0 Å². The zero-order valence-electron chi connectivity index (χ0n) is 33.9. The van der Waals surface area contributed by atoms with Crippen molar-refractivity contribution in [2.75, 3.05) is 49.3 Å². The van der Waals surface area contributed by atoms with Crippen molar-refractivity contribution in [2.24, 2.45) is 0 Å². The molecule has 0 atom stereocenters. The van der Waals surface area contributed by atoms with Gasteiger partial charge in [-0.2, -0.15) is 0 Å². The van der Waals surface area contributed by atoms with Crippen LogP contribution in [0.25, 0.3) is 11.0 Å². The predicted molar refractivity (Wildman–Crippen MR) is 222 cm³/mol. The Balaban J connectivity index is 0.000000961. The molecule has 0 aliphatic heterocycles. The maximum absolute atomic E-state index is 13.6. The van der Waals surface area contributed by atoms with Crippen LogP contribution in [0.2, 0.25) is 0 Å². The molecule has 0 radical (unpaired) electrons. The molecule has 0 aliphatic carbocycles. The number of aromatic nitrogens is 3. The fraction of sp³-hybridized carbons (Fsp3) is 0.821. The second-order valence-electron chi connectivity index (χ2n) is 14.7. The molecule has 0 amide bonds. The van der Waals surface area contributed by atoms with Crippen LogP contribution in [0.4, 0.5) is 17.3 Å². The SMILES string of the molecule is CCCCP(CCCC)(CCCC)(CCCC)OC(=O)c1cccc2n[nH]nc12.CCCC[P+](CCCC)(CCCC)CCCC.F[B-](F)(F)F. The smallest absolute Gasteiger partial charge is 0.418 e. The molecule has 0 bridgehead atoms. The molecular weight excluding hydrogens is 691 g/mol. The van der Waals surface area contributed by atoms with Gasteiger partial charge in [0.2, 0.25) is 0 Å². The predicted octanol–water partition coefficient (Wildman–Crippen LogP) is 14.3. The van der Waals surface area contributed by atoms with Crippen LogP contribution in [0.15, 0.2) is 18.2 Å². The number of aromatic amines is 1. The topological polar surface area (TPSA) is 67.9 Å². The van der Waals surface area contributed by atoms with Crippen molar-refractivity contribution >= 4 is 38.3 Å². The Kier molecular flexibility index (Phi) is 26.7. The van der Waals surface area contributed by atoms with Crippen molar-refractivity contribution < 1.29 is 26.6 Å². The summed E-state index contributed by atoms with van der Waals surface area (Å²) in [6, 6.07) is 5.57. The Bertz CT molecular complexity index is 1080. The minimum Gasteiger partial charge on any atom is -0.418 e. The normalized spacial score (nSPS) is 12.7. The minimum absolute atomic E-state index is 0.193. The second-order valence-corrected chi connectivity index (χ2v) is 24.8. The molecule has 1 heterocycles. The number of para-hydroxylation sites is 1. The first-order valence-electron chi connectivity index (χ1n) is 20.5. The molecule has 2 aromatic rings. The maximum Gasteiger partial charge on any atom is 0.673 e. The minimum atomic E-state index is -6.00. The molecule has 2 rings (SSSR count). The van der Waals surface area contributed by atoms with Crippen molar-refractivity contribution in [1.29, 1.82) is 0 Å². The fourth-order valence-electron chi connectivity index (χ4n) is 7.05. The molecule has 1 aromatic heterocycles. The maximum atomic E-state index is 13.6. The summed E-state index contributed by atoms with van der Waals surface area (Å²) in [4.78, 5) is 13.6. The van der Waals surface area contributed by atoms with E-state index >= 15 is 0 Å². The molecule has 1 N–H and O–H groups in total. The molecule has 1 aromatic carbocycles.